The second-order valence-corrected chi connectivity index (χ2v) is 9.15. The van der Waals surface area contributed by atoms with E-state index in [1.54, 1.807) is 29.3 Å². The van der Waals surface area contributed by atoms with Crippen molar-refractivity contribution in [3.05, 3.63) is 96.1 Å². The fourth-order valence-corrected chi connectivity index (χ4v) is 5.07. The van der Waals surface area contributed by atoms with Crippen LogP contribution >= 0.6 is 0 Å². The molecule has 190 valence electrons. The highest BCUT2D eigenvalue weighted by atomic mass is 16.7. The zero-order valence-corrected chi connectivity index (χ0v) is 20.4. The lowest BCUT2D eigenvalue weighted by Crippen LogP contribution is -2.39. The average molecular weight is 501 g/mol. The van der Waals surface area contributed by atoms with Crippen LogP contribution in [-0.4, -0.2) is 40.7 Å². The number of benzene rings is 3. The number of amides is 2. The Hall–Kier alpha value is -4.01. The molecule has 5 rings (SSSR count). The van der Waals surface area contributed by atoms with Crippen molar-refractivity contribution in [2.45, 2.75) is 38.0 Å². The predicted octanol–water partition coefficient (Wildman–Crippen LogP) is 4.54. The normalized spacial score (nSPS) is 22.2. The second kappa shape index (κ2) is 10.5. The molecule has 2 heterocycles. The number of hydrogen-bond donors (Lipinski definition) is 1. The molecule has 3 aromatic rings. The van der Waals surface area contributed by atoms with E-state index in [1.807, 2.05) is 67.6 Å². The second-order valence-electron chi connectivity index (χ2n) is 9.15. The average Bonchev–Trinajstić information content (AvgIpc) is 3.42. The zero-order chi connectivity index (χ0) is 25.9. The number of carbonyl (C=O) groups excluding carboxylic acids is 2. The Morgan fingerprint density at radius 1 is 0.946 bits per heavy atom. The minimum Gasteiger partial charge on any atom is -0.494 e. The molecule has 2 aliphatic rings. The molecule has 0 saturated carbocycles. The highest BCUT2D eigenvalue weighted by molar-refractivity contribution is 6.23. The summed E-state index contributed by atoms with van der Waals surface area (Å²) in [7, 11) is 0. The third-order valence-corrected chi connectivity index (χ3v) is 6.71. The monoisotopic (exact) mass is 500 g/mol. The molecular formula is C29H28N2O6. The molecule has 37 heavy (non-hydrogen) atoms. The summed E-state index contributed by atoms with van der Waals surface area (Å²) in [6, 6.07) is 23.9. The number of hydrogen-bond acceptors (Lipinski definition) is 6. The zero-order valence-electron chi connectivity index (χ0n) is 20.4. The highest BCUT2D eigenvalue weighted by Crippen LogP contribution is 2.49. The van der Waals surface area contributed by atoms with Gasteiger partial charge in [-0.3, -0.25) is 19.2 Å². The summed E-state index contributed by atoms with van der Waals surface area (Å²) in [5.41, 5.74) is 1.94. The highest BCUT2D eigenvalue weighted by Gasteiger charge is 2.61. The van der Waals surface area contributed by atoms with Crippen LogP contribution in [-0.2, 0) is 19.2 Å². The molecule has 2 aliphatic heterocycles. The standard InChI is InChI=1S/C29H28N2O6/c1-2-17-36-22-15-13-21(14-16-22)30-28(34)25-26(20-11-7-4-8-12-20)31(37-27(25)29(30)35)23(18-24(32)33)19-9-5-3-6-10-19/h3-16,23,25-27H,2,17-18H2,1H3,(H,32,33)/t23-,25-,26-,27+/m1/s1. The van der Waals surface area contributed by atoms with Gasteiger partial charge >= 0.3 is 5.97 Å². The maximum Gasteiger partial charge on any atom is 0.305 e. The predicted molar refractivity (Wildman–Crippen MR) is 136 cm³/mol. The Bertz CT molecular complexity index is 1260. The van der Waals surface area contributed by atoms with Gasteiger partial charge in [-0.25, -0.2) is 4.90 Å². The lowest BCUT2D eigenvalue weighted by Gasteiger charge is -2.33. The van der Waals surface area contributed by atoms with Crippen LogP contribution in [0.5, 0.6) is 5.75 Å². The van der Waals surface area contributed by atoms with Gasteiger partial charge in [0.2, 0.25) is 5.91 Å². The molecule has 3 aromatic carbocycles. The van der Waals surface area contributed by atoms with Crippen molar-refractivity contribution in [3.8, 4) is 5.75 Å². The first-order chi connectivity index (χ1) is 18.0. The molecule has 0 spiro atoms. The molecule has 8 heteroatoms. The number of carboxylic acids is 1. The summed E-state index contributed by atoms with van der Waals surface area (Å²) >= 11 is 0. The van der Waals surface area contributed by atoms with Crippen molar-refractivity contribution in [1.29, 1.82) is 0 Å². The number of fused-ring (bicyclic) bond motifs is 1. The van der Waals surface area contributed by atoms with Crippen molar-refractivity contribution in [3.63, 3.8) is 0 Å². The van der Waals surface area contributed by atoms with Gasteiger partial charge in [0.15, 0.2) is 6.10 Å². The van der Waals surface area contributed by atoms with Crippen LogP contribution in [0.25, 0.3) is 0 Å². The first-order valence-electron chi connectivity index (χ1n) is 12.4. The van der Waals surface area contributed by atoms with Crippen LogP contribution in [0.4, 0.5) is 5.69 Å². The van der Waals surface area contributed by atoms with Crippen LogP contribution in [0.3, 0.4) is 0 Å². The SMILES string of the molecule is CCCOc1ccc(N2C(=O)[C@H]3[C@H](ON([C@H](CC(=O)O)c4ccccc4)[C@@H]3c3ccccc3)C2=O)cc1. The van der Waals surface area contributed by atoms with E-state index in [9.17, 15) is 19.5 Å². The topological polar surface area (TPSA) is 96.4 Å². The van der Waals surface area contributed by atoms with Gasteiger partial charge in [0.05, 0.1) is 36.7 Å². The van der Waals surface area contributed by atoms with Crippen molar-refractivity contribution >= 4 is 23.5 Å². The van der Waals surface area contributed by atoms with Crippen LogP contribution in [0, 0.1) is 5.92 Å². The largest absolute Gasteiger partial charge is 0.494 e. The van der Waals surface area contributed by atoms with Gasteiger partial charge in [0.25, 0.3) is 5.91 Å². The Morgan fingerprint density at radius 2 is 1.59 bits per heavy atom. The van der Waals surface area contributed by atoms with E-state index < -0.39 is 36.0 Å². The van der Waals surface area contributed by atoms with E-state index in [0.717, 1.165) is 17.5 Å². The number of anilines is 1. The molecular weight excluding hydrogens is 472 g/mol. The fraction of sp³-hybridized carbons (Fsp3) is 0.276. The number of rotatable bonds is 9. The Kier molecular flexibility index (Phi) is 7.03. The van der Waals surface area contributed by atoms with E-state index in [4.69, 9.17) is 9.57 Å². The molecule has 2 saturated heterocycles. The van der Waals surface area contributed by atoms with Gasteiger partial charge < -0.3 is 9.84 Å². The van der Waals surface area contributed by atoms with E-state index in [-0.39, 0.29) is 12.3 Å². The van der Waals surface area contributed by atoms with Crippen molar-refractivity contribution < 1.29 is 29.1 Å². The molecule has 8 nitrogen and oxygen atoms in total. The summed E-state index contributed by atoms with van der Waals surface area (Å²) in [5.74, 6) is -2.02. The lowest BCUT2D eigenvalue weighted by molar-refractivity contribution is -0.197. The molecule has 2 fully saturated rings. The first kappa shape index (κ1) is 24.7. The number of carbonyl (C=O) groups is 3. The summed E-state index contributed by atoms with van der Waals surface area (Å²) in [6.45, 7) is 2.59. The molecule has 1 N–H and O–H groups in total. The van der Waals surface area contributed by atoms with Crippen molar-refractivity contribution in [2.75, 3.05) is 11.5 Å². The van der Waals surface area contributed by atoms with E-state index in [0.29, 0.717) is 18.0 Å². The summed E-state index contributed by atoms with van der Waals surface area (Å²) in [4.78, 5) is 46.6. The van der Waals surface area contributed by atoms with Crippen molar-refractivity contribution in [1.82, 2.24) is 5.06 Å². The number of nitrogens with zero attached hydrogens (tertiary/aromatic N) is 2. The number of carboxylic acid groups (broad SMARTS) is 1. The van der Waals surface area contributed by atoms with E-state index >= 15 is 0 Å². The summed E-state index contributed by atoms with van der Waals surface area (Å²) < 4.78 is 5.62. The molecule has 2 amide bonds. The van der Waals surface area contributed by atoms with Gasteiger partial charge in [-0.05, 0) is 41.8 Å². The number of hydroxylamine groups is 2. The number of ether oxygens (including phenoxy) is 1. The van der Waals surface area contributed by atoms with Gasteiger partial charge in [-0.15, -0.1) is 0 Å². The maximum absolute atomic E-state index is 13.8. The van der Waals surface area contributed by atoms with E-state index in [2.05, 4.69) is 0 Å². The van der Waals surface area contributed by atoms with E-state index in [1.165, 1.54) is 4.90 Å². The Balaban J connectivity index is 1.51. The van der Waals surface area contributed by atoms with Crippen LogP contribution in [0.15, 0.2) is 84.9 Å². The van der Waals surface area contributed by atoms with Crippen LogP contribution < -0.4 is 9.64 Å². The van der Waals surface area contributed by atoms with Gasteiger partial charge in [-0.1, -0.05) is 67.6 Å². The molecule has 4 atom stereocenters. The van der Waals surface area contributed by atoms with Gasteiger partial charge in [0.1, 0.15) is 5.75 Å². The molecule has 0 bridgehead atoms. The minimum absolute atomic E-state index is 0.252. The summed E-state index contributed by atoms with van der Waals surface area (Å²) in [5, 5.41) is 11.2. The maximum atomic E-state index is 13.8. The number of aliphatic carboxylic acids is 1. The van der Waals surface area contributed by atoms with Crippen LogP contribution in [0.2, 0.25) is 0 Å². The molecule has 0 aliphatic carbocycles. The van der Waals surface area contributed by atoms with Crippen molar-refractivity contribution in [2.24, 2.45) is 5.92 Å². The number of imide groups is 1. The van der Waals surface area contributed by atoms with Gasteiger partial charge in [-0.2, -0.15) is 5.06 Å². The lowest BCUT2D eigenvalue weighted by atomic mass is 9.89. The third-order valence-electron chi connectivity index (χ3n) is 6.71. The fourth-order valence-electron chi connectivity index (χ4n) is 5.07. The van der Waals surface area contributed by atoms with Gasteiger partial charge in [0, 0.05) is 0 Å². The quantitative estimate of drug-likeness (QED) is 0.431. The Morgan fingerprint density at radius 3 is 2.22 bits per heavy atom. The summed E-state index contributed by atoms with van der Waals surface area (Å²) in [6.07, 6.45) is -0.443. The Labute approximate surface area is 215 Å². The third kappa shape index (κ3) is 4.73. The molecule has 0 aromatic heterocycles. The molecule has 0 unspecified atom stereocenters. The minimum atomic E-state index is -1.06. The smallest absolute Gasteiger partial charge is 0.305 e. The molecule has 0 radical (unpaired) electrons. The van der Waals surface area contributed by atoms with Crippen LogP contribution in [0.1, 0.15) is 43.0 Å². The first-order valence-corrected chi connectivity index (χ1v) is 12.4.